The van der Waals surface area contributed by atoms with Crippen molar-refractivity contribution in [2.75, 3.05) is 0 Å². The molecule has 0 aliphatic heterocycles. The second kappa shape index (κ2) is 5.11. The van der Waals surface area contributed by atoms with Crippen LogP contribution in [-0.2, 0) is 9.19 Å². The fraction of sp³-hybridized carbons (Fsp3) is 1.00. The molecular formula is CH8NO3P. The van der Waals surface area contributed by atoms with Crippen molar-refractivity contribution < 1.29 is 14.1 Å². The van der Waals surface area contributed by atoms with E-state index in [1.807, 2.05) is 0 Å². The van der Waals surface area contributed by atoms with Crippen molar-refractivity contribution in [1.29, 1.82) is 0 Å². The lowest BCUT2D eigenvalue weighted by Crippen LogP contribution is -1.84. The SMILES string of the molecule is C.NO[PH](=O)O. The number of hydrogen-bond acceptors (Lipinski definition) is 3. The normalized spacial score (nSPS) is 12.3. The molecule has 1 atom stereocenters. The van der Waals surface area contributed by atoms with Gasteiger partial charge in [-0.15, -0.1) is 0 Å². The zero-order valence-electron chi connectivity index (χ0n) is 2.34. The van der Waals surface area contributed by atoms with E-state index in [1.165, 1.54) is 0 Å². The molecule has 40 valence electrons. The lowest BCUT2D eigenvalue weighted by Gasteiger charge is -1.78. The Bertz CT molecular complexity index is 46.1. The molecule has 3 N–H and O–H groups in total. The lowest BCUT2D eigenvalue weighted by molar-refractivity contribution is 0.292. The Morgan fingerprint density at radius 3 is 2.00 bits per heavy atom. The molecule has 0 aromatic carbocycles. The van der Waals surface area contributed by atoms with Crippen molar-refractivity contribution in [2.24, 2.45) is 5.90 Å². The van der Waals surface area contributed by atoms with Gasteiger partial charge in [-0.2, -0.15) is 0 Å². The molecule has 0 heterocycles. The molecule has 0 aliphatic rings. The zero-order chi connectivity index (χ0) is 4.28. The minimum absolute atomic E-state index is 0. The van der Waals surface area contributed by atoms with Gasteiger partial charge in [0.2, 0.25) is 0 Å². The second-order valence-corrected chi connectivity index (χ2v) is 1.15. The molecule has 0 aromatic rings. The van der Waals surface area contributed by atoms with Gasteiger partial charge in [0, 0.05) is 0 Å². The fourth-order valence-electron chi connectivity index (χ4n) is 0. The Balaban J connectivity index is 0. The van der Waals surface area contributed by atoms with Crippen molar-refractivity contribution in [1.82, 2.24) is 0 Å². The molecule has 0 radical (unpaired) electrons. The van der Waals surface area contributed by atoms with E-state index in [9.17, 15) is 4.57 Å². The molecule has 0 spiro atoms. The maximum absolute atomic E-state index is 9.21. The van der Waals surface area contributed by atoms with Gasteiger partial charge < -0.3 is 4.89 Å². The van der Waals surface area contributed by atoms with Crippen molar-refractivity contribution in [2.45, 2.75) is 7.43 Å². The van der Waals surface area contributed by atoms with E-state index in [-0.39, 0.29) is 7.43 Å². The maximum atomic E-state index is 9.21. The number of nitrogens with two attached hydrogens (primary N) is 1. The predicted molar refractivity (Wildman–Crippen MR) is 23.2 cm³/mol. The highest BCUT2D eigenvalue weighted by molar-refractivity contribution is 7.32. The van der Waals surface area contributed by atoms with Crippen LogP contribution in [0.3, 0.4) is 0 Å². The van der Waals surface area contributed by atoms with Gasteiger partial charge in [-0.3, -0.25) is 4.57 Å². The second-order valence-electron chi connectivity index (χ2n) is 0.384. The molecule has 4 nitrogen and oxygen atoms in total. The molecule has 0 aliphatic carbocycles. The van der Waals surface area contributed by atoms with E-state index in [2.05, 4.69) is 10.5 Å². The van der Waals surface area contributed by atoms with Gasteiger partial charge in [-0.05, 0) is 0 Å². The molecule has 1 unspecified atom stereocenters. The molecule has 0 rings (SSSR count). The highest BCUT2D eigenvalue weighted by Crippen LogP contribution is 2.07. The molecule has 0 saturated carbocycles. The summed E-state index contributed by atoms with van der Waals surface area (Å²) in [6, 6.07) is 0. The van der Waals surface area contributed by atoms with Crippen LogP contribution >= 0.6 is 8.25 Å². The monoisotopic (exact) mass is 113 g/mol. The van der Waals surface area contributed by atoms with Crippen LogP contribution < -0.4 is 5.90 Å². The summed E-state index contributed by atoms with van der Waals surface area (Å²) < 4.78 is 12.6. The van der Waals surface area contributed by atoms with Crippen LogP contribution in [0.1, 0.15) is 7.43 Å². The van der Waals surface area contributed by atoms with Gasteiger partial charge in [0.15, 0.2) is 0 Å². The summed E-state index contributed by atoms with van der Waals surface area (Å²) in [5, 5.41) is 0. The molecule has 0 bridgehead atoms. The molecule has 0 saturated heterocycles. The summed E-state index contributed by atoms with van der Waals surface area (Å²) >= 11 is 0. The summed E-state index contributed by atoms with van der Waals surface area (Å²) in [6.45, 7) is 0. The highest BCUT2D eigenvalue weighted by Gasteiger charge is 1.75. The first kappa shape index (κ1) is 9.44. The van der Waals surface area contributed by atoms with Crippen LogP contribution in [0.15, 0.2) is 0 Å². The quantitative estimate of drug-likeness (QED) is 0.367. The van der Waals surface area contributed by atoms with Crippen LogP contribution in [0.5, 0.6) is 0 Å². The smallest absolute Gasteiger partial charge is 0.325 e. The van der Waals surface area contributed by atoms with Crippen LogP contribution in [0, 0.1) is 0 Å². The molecule has 0 aromatic heterocycles. The summed E-state index contributed by atoms with van der Waals surface area (Å²) in [5.41, 5.74) is 0. The van der Waals surface area contributed by atoms with Crippen molar-refractivity contribution >= 4 is 8.25 Å². The summed E-state index contributed by atoms with van der Waals surface area (Å²) in [5.74, 6) is 4.15. The molecule has 0 fully saturated rings. The van der Waals surface area contributed by atoms with Gasteiger partial charge in [-0.1, -0.05) is 7.43 Å². The Morgan fingerprint density at radius 2 is 2.00 bits per heavy atom. The predicted octanol–water partition coefficient (Wildman–Crippen LogP) is -0.105. The van der Waals surface area contributed by atoms with Crippen LogP contribution in [0.4, 0.5) is 0 Å². The minimum atomic E-state index is -2.85. The third-order valence-electron chi connectivity index (χ3n) is 0.101. The van der Waals surface area contributed by atoms with Crippen LogP contribution in [0.25, 0.3) is 0 Å². The average molecular weight is 113 g/mol. The lowest BCUT2D eigenvalue weighted by atomic mass is 12.0. The fourth-order valence-corrected chi connectivity index (χ4v) is 0. The van der Waals surface area contributed by atoms with Crippen molar-refractivity contribution in [3.63, 3.8) is 0 Å². The molecular weight excluding hydrogens is 105 g/mol. The van der Waals surface area contributed by atoms with E-state index in [4.69, 9.17) is 4.89 Å². The molecule has 0 amide bonds. The Kier molecular flexibility index (Phi) is 8.04. The van der Waals surface area contributed by atoms with Crippen LogP contribution in [-0.4, -0.2) is 4.89 Å². The van der Waals surface area contributed by atoms with E-state index >= 15 is 0 Å². The summed E-state index contributed by atoms with van der Waals surface area (Å²) in [6.07, 6.45) is 0. The standard InChI is InChI=1S/CH4.H4NO3P/c;1-4-5(2)3/h1H4;5H,1H2,(H,2,3). The topological polar surface area (TPSA) is 72.5 Å². The van der Waals surface area contributed by atoms with Gasteiger partial charge in [-0.25, -0.2) is 10.5 Å². The zero-order valence-corrected chi connectivity index (χ0v) is 3.34. The Morgan fingerprint density at radius 1 is 1.83 bits per heavy atom. The van der Waals surface area contributed by atoms with E-state index in [1.54, 1.807) is 0 Å². The Labute approximate surface area is 36.8 Å². The minimum Gasteiger partial charge on any atom is -0.325 e. The van der Waals surface area contributed by atoms with Gasteiger partial charge in [0.05, 0.1) is 0 Å². The van der Waals surface area contributed by atoms with Gasteiger partial charge in [0.1, 0.15) is 0 Å². The first-order valence-electron chi connectivity index (χ1n) is 0.868. The maximum Gasteiger partial charge on any atom is 0.332 e. The van der Waals surface area contributed by atoms with E-state index in [0.717, 1.165) is 0 Å². The highest BCUT2D eigenvalue weighted by atomic mass is 31.1. The molecule has 6 heavy (non-hydrogen) atoms. The van der Waals surface area contributed by atoms with Crippen LogP contribution in [0.2, 0.25) is 0 Å². The first-order chi connectivity index (χ1) is 2.27. The van der Waals surface area contributed by atoms with Gasteiger partial charge >= 0.3 is 8.25 Å². The largest absolute Gasteiger partial charge is 0.332 e. The Hall–Kier alpha value is 0.110. The number of hydrogen-bond donors (Lipinski definition) is 2. The third kappa shape index (κ3) is 8.93. The van der Waals surface area contributed by atoms with Crippen molar-refractivity contribution in [3.8, 4) is 0 Å². The van der Waals surface area contributed by atoms with Gasteiger partial charge in [0.25, 0.3) is 0 Å². The average Bonchev–Trinajstić information content (AvgIpc) is 1.38. The van der Waals surface area contributed by atoms with Crippen molar-refractivity contribution in [3.05, 3.63) is 0 Å². The third-order valence-corrected chi connectivity index (χ3v) is 0.302. The van der Waals surface area contributed by atoms with E-state index in [0.29, 0.717) is 0 Å². The summed E-state index contributed by atoms with van der Waals surface area (Å²) in [4.78, 5) is 7.56. The molecule has 5 heteroatoms. The summed E-state index contributed by atoms with van der Waals surface area (Å²) in [7, 11) is -2.85. The number of rotatable bonds is 1. The first-order valence-corrected chi connectivity index (χ1v) is 2.13. The van der Waals surface area contributed by atoms with E-state index < -0.39 is 8.25 Å².